The maximum absolute atomic E-state index is 5.59. The number of halogens is 2. The zero-order valence-corrected chi connectivity index (χ0v) is 12.3. The SMILES string of the molecule is Brc1cc(C2NCCc3ccoc32)sc1Br. The van der Waals surface area contributed by atoms with Gasteiger partial charge in [-0.15, -0.1) is 11.3 Å². The first kappa shape index (κ1) is 11.0. The fourth-order valence-electron chi connectivity index (χ4n) is 1.99. The summed E-state index contributed by atoms with van der Waals surface area (Å²) in [5, 5.41) is 3.49. The van der Waals surface area contributed by atoms with Crippen LogP contribution in [0.4, 0.5) is 0 Å². The Morgan fingerprint density at radius 1 is 1.44 bits per heavy atom. The van der Waals surface area contributed by atoms with Gasteiger partial charge in [-0.1, -0.05) is 0 Å². The van der Waals surface area contributed by atoms with Gasteiger partial charge in [0.25, 0.3) is 0 Å². The van der Waals surface area contributed by atoms with Crippen molar-refractivity contribution >= 4 is 43.2 Å². The summed E-state index contributed by atoms with van der Waals surface area (Å²) in [6.07, 6.45) is 2.83. The molecule has 16 heavy (non-hydrogen) atoms. The van der Waals surface area contributed by atoms with Gasteiger partial charge in [0.2, 0.25) is 0 Å². The topological polar surface area (TPSA) is 25.2 Å². The third-order valence-electron chi connectivity index (χ3n) is 2.73. The molecule has 2 aromatic heterocycles. The Morgan fingerprint density at radius 3 is 3.06 bits per heavy atom. The zero-order valence-electron chi connectivity index (χ0n) is 8.30. The number of rotatable bonds is 1. The molecule has 5 heteroatoms. The van der Waals surface area contributed by atoms with Gasteiger partial charge in [-0.2, -0.15) is 0 Å². The van der Waals surface area contributed by atoms with E-state index in [1.54, 1.807) is 17.6 Å². The van der Waals surface area contributed by atoms with E-state index in [9.17, 15) is 0 Å². The average molecular weight is 363 g/mol. The first-order valence-electron chi connectivity index (χ1n) is 5.00. The Labute approximate surface area is 114 Å². The van der Waals surface area contributed by atoms with Gasteiger partial charge in [0, 0.05) is 15.9 Å². The molecule has 1 aliphatic rings. The van der Waals surface area contributed by atoms with Gasteiger partial charge >= 0.3 is 0 Å². The largest absolute Gasteiger partial charge is 0.467 e. The Hall–Kier alpha value is -0.100. The van der Waals surface area contributed by atoms with Crippen LogP contribution >= 0.6 is 43.2 Å². The van der Waals surface area contributed by atoms with E-state index in [0.717, 1.165) is 27.0 Å². The third-order valence-corrected chi connectivity index (χ3v) is 6.06. The van der Waals surface area contributed by atoms with Crippen molar-refractivity contribution in [1.82, 2.24) is 5.32 Å². The zero-order chi connectivity index (χ0) is 11.1. The Kier molecular flexibility index (Phi) is 2.96. The van der Waals surface area contributed by atoms with Crippen molar-refractivity contribution in [2.75, 3.05) is 6.54 Å². The van der Waals surface area contributed by atoms with Crippen molar-refractivity contribution in [3.63, 3.8) is 0 Å². The Balaban J connectivity index is 2.03. The lowest BCUT2D eigenvalue weighted by molar-refractivity contribution is 0.428. The van der Waals surface area contributed by atoms with Gasteiger partial charge in [0.05, 0.1) is 10.0 Å². The molecule has 0 bridgehead atoms. The van der Waals surface area contributed by atoms with Crippen LogP contribution in [0.5, 0.6) is 0 Å². The molecule has 0 aromatic carbocycles. The highest BCUT2D eigenvalue weighted by molar-refractivity contribution is 9.13. The van der Waals surface area contributed by atoms with Crippen LogP contribution < -0.4 is 5.32 Å². The lowest BCUT2D eigenvalue weighted by Gasteiger charge is -2.21. The van der Waals surface area contributed by atoms with Crippen LogP contribution in [-0.2, 0) is 6.42 Å². The molecule has 3 rings (SSSR count). The van der Waals surface area contributed by atoms with Crippen molar-refractivity contribution in [3.8, 4) is 0 Å². The predicted molar refractivity (Wildman–Crippen MR) is 72.0 cm³/mol. The molecular weight excluding hydrogens is 354 g/mol. The van der Waals surface area contributed by atoms with E-state index in [0.29, 0.717) is 0 Å². The first-order valence-corrected chi connectivity index (χ1v) is 7.40. The minimum absolute atomic E-state index is 0.200. The lowest BCUT2D eigenvalue weighted by atomic mass is 10.0. The average Bonchev–Trinajstić information content (AvgIpc) is 2.85. The van der Waals surface area contributed by atoms with E-state index < -0.39 is 0 Å². The molecule has 0 amide bonds. The molecule has 0 saturated heterocycles. The quantitative estimate of drug-likeness (QED) is 0.826. The second-order valence-corrected chi connectivity index (χ2v) is 6.97. The predicted octanol–water partition coefficient (Wildman–Crippen LogP) is 4.10. The van der Waals surface area contributed by atoms with Gasteiger partial charge < -0.3 is 9.73 Å². The van der Waals surface area contributed by atoms with E-state index in [2.05, 4.69) is 49.3 Å². The monoisotopic (exact) mass is 361 g/mol. The summed E-state index contributed by atoms with van der Waals surface area (Å²) >= 11 is 8.78. The minimum Gasteiger partial charge on any atom is -0.467 e. The van der Waals surface area contributed by atoms with Crippen LogP contribution in [0.25, 0.3) is 0 Å². The van der Waals surface area contributed by atoms with Crippen molar-refractivity contribution < 1.29 is 4.42 Å². The van der Waals surface area contributed by atoms with E-state index in [4.69, 9.17) is 4.42 Å². The molecule has 1 N–H and O–H groups in total. The van der Waals surface area contributed by atoms with Crippen molar-refractivity contribution in [1.29, 1.82) is 0 Å². The summed E-state index contributed by atoms with van der Waals surface area (Å²) in [5.74, 6) is 1.06. The van der Waals surface area contributed by atoms with Crippen molar-refractivity contribution in [2.45, 2.75) is 12.5 Å². The van der Waals surface area contributed by atoms with Gasteiger partial charge in [0.15, 0.2) is 0 Å². The molecule has 1 unspecified atom stereocenters. The second kappa shape index (κ2) is 4.29. The van der Waals surface area contributed by atoms with Gasteiger partial charge in [-0.3, -0.25) is 0 Å². The van der Waals surface area contributed by atoms with Crippen LogP contribution in [0.15, 0.2) is 31.1 Å². The van der Waals surface area contributed by atoms with E-state index >= 15 is 0 Å². The molecule has 0 fully saturated rings. The molecule has 0 spiro atoms. The standard InChI is InChI=1S/C11H9Br2NOS/c12-7-5-8(16-11(7)13)9-10-6(1-3-14-9)2-4-15-10/h2,4-5,9,14H,1,3H2. The third kappa shape index (κ3) is 1.79. The molecule has 2 nitrogen and oxygen atoms in total. The summed E-state index contributed by atoms with van der Waals surface area (Å²) in [4.78, 5) is 1.27. The first-order chi connectivity index (χ1) is 7.75. The van der Waals surface area contributed by atoms with Crippen LogP contribution in [0.1, 0.15) is 22.2 Å². The Bertz CT molecular complexity index is 500. The van der Waals surface area contributed by atoms with Gasteiger partial charge in [-0.25, -0.2) is 0 Å². The summed E-state index contributed by atoms with van der Waals surface area (Å²) in [6, 6.07) is 4.41. The number of nitrogens with one attached hydrogen (secondary N) is 1. The van der Waals surface area contributed by atoms with E-state index in [-0.39, 0.29) is 6.04 Å². The number of thiophene rings is 1. The maximum Gasteiger partial charge on any atom is 0.129 e. The number of fused-ring (bicyclic) bond motifs is 1. The van der Waals surface area contributed by atoms with Gasteiger partial charge in [-0.05, 0) is 56.0 Å². The van der Waals surface area contributed by atoms with E-state index in [1.807, 2.05) is 0 Å². The highest BCUT2D eigenvalue weighted by Gasteiger charge is 2.26. The molecule has 0 aliphatic carbocycles. The molecule has 0 radical (unpaired) electrons. The van der Waals surface area contributed by atoms with Crippen molar-refractivity contribution in [2.24, 2.45) is 0 Å². The summed E-state index contributed by atoms with van der Waals surface area (Å²) < 4.78 is 7.82. The van der Waals surface area contributed by atoms with Crippen LogP contribution in [-0.4, -0.2) is 6.54 Å². The van der Waals surface area contributed by atoms with Gasteiger partial charge in [0.1, 0.15) is 11.8 Å². The fraction of sp³-hybridized carbons (Fsp3) is 0.273. The lowest BCUT2D eigenvalue weighted by Crippen LogP contribution is -2.28. The van der Waals surface area contributed by atoms with Crippen LogP contribution in [0.3, 0.4) is 0 Å². The summed E-state index contributed by atoms with van der Waals surface area (Å²) in [6.45, 7) is 1.00. The number of hydrogen-bond donors (Lipinski definition) is 1. The molecule has 2 aromatic rings. The molecular formula is C11H9Br2NOS. The maximum atomic E-state index is 5.59. The van der Waals surface area contributed by atoms with Crippen molar-refractivity contribution in [3.05, 3.63) is 42.9 Å². The molecule has 1 aliphatic heterocycles. The smallest absolute Gasteiger partial charge is 0.129 e. The van der Waals surface area contributed by atoms with Crippen LogP contribution in [0, 0.1) is 0 Å². The summed E-state index contributed by atoms with van der Waals surface area (Å²) in [5.41, 5.74) is 1.32. The van der Waals surface area contributed by atoms with E-state index in [1.165, 1.54) is 10.4 Å². The Morgan fingerprint density at radius 2 is 2.31 bits per heavy atom. The normalized spacial score (nSPS) is 19.8. The second-order valence-electron chi connectivity index (χ2n) is 3.72. The molecule has 0 saturated carbocycles. The highest BCUT2D eigenvalue weighted by atomic mass is 79.9. The minimum atomic E-state index is 0.200. The molecule has 3 heterocycles. The molecule has 1 atom stereocenters. The summed E-state index contributed by atoms with van der Waals surface area (Å²) in [7, 11) is 0. The fourth-order valence-corrected chi connectivity index (χ4v) is 4.15. The highest BCUT2D eigenvalue weighted by Crippen LogP contribution is 2.39. The number of furan rings is 1. The van der Waals surface area contributed by atoms with Crippen LogP contribution in [0.2, 0.25) is 0 Å². The molecule has 84 valence electrons. The number of hydrogen-bond acceptors (Lipinski definition) is 3.